The van der Waals surface area contributed by atoms with E-state index in [9.17, 15) is 4.79 Å². The molecule has 4 rings (SSSR count). The number of nitrogens with one attached hydrogen (secondary N) is 3. The summed E-state index contributed by atoms with van der Waals surface area (Å²) in [6, 6.07) is 11.5. The van der Waals surface area contributed by atoms with Gasteiger partial charge in [-0.25, -0.2) is 9.78 Å². The number of anilines is 1. The molecule has 3 heterocycles. The second-order valence-corrected chi connectivity index (χ2v) is 8.18. The number of amides is 2. The van der Waals surface area contributed by atoms with E-state index in [0.29, 0.717) is 35.4 Å². The number of benzene rings is 1. The monoisotopic (exact) mass is 444 g/mol. The summed E-state index contributed by atoms with van der Waals surface area (Å²) in [7, 11) is 1.62. The minimum absolute atomic E-state index is 0.321. The van der Waals surface area contributed by atoms with Gasteiger partial charge >= 0.3 is 6.03 Å². The summed E-state index contributed by atoms with van der Waals surface area (Å²) >= 11 is 0. The molecular weight excluding hydrogens is 416 g/mol. The molecule has 0 saturated heterocycles. The largest absolute Gasteiger partial charge is 0.494 e. The van der Waals surface area contributed by atoms with E-state index in [1.165, 1.54) is 0 Å². The number of aromatic amines is 1. The Bertz CT molecular complexity index is 1260. The van der Waals surface area contributed by atoms with Crippen LogP contribution in [0, 0.1) is 5.92 Å². The average molecular weight is 445 g/mol. The maximum atomic E-state index is 12.0. The molecule has 0 radical (unpaired) electrons. The first kappa shape index (κ1) is 22.3. The summed E-state index contributed by atoms with van der Waals surface area (Å²) in [6.07, 6.45) is 4.55. The second kappa shape index (κ2) is 9.68. The fourth-order valence-corrected chi connectivity index (χ4v) is 3.73. The molecule has 33 heavy (non-hydrogen) atoms. The van der Waals surface area contributed by atoms with Crippen molar-refractivity contribution in [3.8, 4) is 28.1 Å². The number of carbonyl (C=O) groups is 1. The summed E-state index contributed by atoms with van der Waals surface area (Å²) in [5.74, 6) is 1.54. The standard InChI is InChI=1S/C25H28N6O2/c1-5-26-25(32)31-24-29-20-13-17(16-8-9-18(28-14-16)11-15(2)3)12-19(22(20)30-24)23-21(33-4)7-6-10-27-23/h6-10,12-15H,5,11H2,1-4H3,(H3,26,29,30,31,32). The van der Waals surface area contributed by atoms with Crippen molar-refractivity contribution in [2.45, 2.75) is 27.2 Å². The van der Waals surface area contributed by atoms with Gasteiger partial charge in [-0.05, 0) is 55.2 Å². The molecule has 8 nitrogen and oxygen atoms in total. The average Bonchev–Trinajstić information content (AvgIpc) is 3.20. The van der Waals surface area contributed by atoms with E-state index < -0.39 is 0 Å². The molecule has 8 heteroatoms. The summed E-state index contributed by atoms with van der Waals surface area (Å²) in [4.78, 5) is 29.1. The number of urea groups is 1. The highest BCUT2D eigenvalue weighted by molar-refractivity contribution is 5.98. The van der Waals surface area contributed by atoms with Crippen LogP contribution < -0.4 is 15.4 Å². The first-order chi connectivity index (χ1) is 16.0. The van der Waals surface area contributed by atoms with Crippen LogP contribution in [0.5, 0.6) is 5.75 Å². The van der Waals surface area contributed by atoms with E-state index in [0.717, 1.165) is 34.3 Å². The first-order valence-corrected chi connectivity index (χ1v) is 11.0. The number of rotatable bonds is 7. The van der Waals surface area contributed by atoms with Gasteiger partial charge < -0.3 is 15.0 Å². The van der Waals surface area contributed by atoms with Crippen LogP contribution in [0.4, 0.5) is 10.7 Å². The predicted octanol–water partition coefficient (Wildman–Crippen LogP) is 5.04. The number of H-pyrrole nitrogens is 1. The zero-order valence-corrected chi connectivity index (χ0v) is 19.3. The van der Waals surface area contributed by atoms with Gasteiger partial charge in [-0.2, -0.15) is 0 Å². The van der Waals surface area contributed by atoms with Gasteiger partial charge in [0.25, 0.3) is 0 Å². The van der Waals surface area contributed by atoms with Gasteiger partial charge in [-0.1, -0.05) is 19.9 Å². The highest BCUT2D eigenvalue weighted by atomic mass is 16.5. The van der Waals surface area contributed by atoms with Crippen LogP contribution in [0.25, 0.3) is 33.4 Å². The van der Waals surface area contributed by atoms with Crippen molar-refractivity contribution in [1.82, 2.24) is 25.3 Å². The number of aromatic nitrogens is 4. The van der Waals surface area contributed by atoms with Crippen LogP contribution in [-0.4, -0.2) is 39.6 Å². The Morgan fingerprint density at radius 2 is 2.00 bits per heavy atom. The summed E-state index contributed by atoms with van der Waals surface area (Å²) in [6.45, 7) is 6.74. The Labute approximate surface area is 192 Å². The van der Waals surface area contributed by atoms with E-state index >= 15 is 0 Å². The number of pyridine rings is 2. The van der Waals surface area contributed by atoms with Crippen molar-refractivity contribution >= 4 is 23.0 Å². The Hall–Kier alpha value is -3.94. The van der Waals surface area contributed by atoms with Crippen molar-refractivity contribution in [3.05, 3.63) is 54.5 Å². The number of carbonyl (C=O) groups excluding carboxylic acids is 1. The number of ether oxygens (including phenoxy) is 1. The molecule has 0 spiro atoms. The Morgan fingerprint density at radius 1 is 1.15 bits per heavy atom. The molecule has 0 fully saturated rings. The molecule has 0 aliphatic carbocycles. The van der Waals surface area contributed by atoms with Crippen LogP contribution in [0.2, 0.25) is 0 Å². The van der Waals surface area contributed by atoms with E-state index in [1.807, 2.05) is 37.4 Å². The lowest BCUT2D eigenvalue weighted by atomic mass is 9.99. The highest BCUT2D eigenvalue weighted by Crippen LogP contribution is 2.36. The van der Waals surface area contributed by atoms with E-state index in [2.05, 4.69) is 56.5 Å². The van der Waals surface area contributed by atoms with Crippen LogP contribution in [0.1, 0.15) is 26.5 Å². The number of hydrogen-bond donors (Lipinski definition) is 3. The van der Waals surface area contributed by atoms with Gasteiger partial charge in [0.2, 0.25) is 5.95 Å². The Kier molecular flexibility index (Phi) is 6.53. The van der Waals surface area contributed by atoms with Crippen molar-refractivity contribution in [3.63, 3.8) is 0 Å². The van der Waals surface area contributed by atoms with Crippen molar-refractivity contribution in [1.29, 1.82) is 0 Å². The third kappa shape index (κ3) is 4.95. The van der Waals surface area contributed by atoms with E-state index in [4.69, 9.17) is 4.74 Å². The van der Waals surface area contributed by atoms with Gasteiger partial charge in [0.1, 0.15) is 17.0 Å². The Balaban J connectivity index is 1.84. The first-order valence-electron chi connectivity index (χ1n) is 11.0. The maximum Gasteiger partial charge on any atom is 0.321 e. The van der Waals surface area contributed by atoms with E-state index in [1.54, 1.807) is 13.3 Å². The van der Waals surface area contributed by atoms with Crippen molar-refractivity contribution in [2.24, 2.45) is 5.92 Å². The third-order valence-corrected chi connectivity index (χ3v) is 5.18. The molecule has 0 unspecified atom stereocenters. The lowest BCUT2D eigenvalue weighted by Gasteiger charge is -2.11. The number of nitrogens with zero attached hydrogens (tertiary/aromatic N) is 3. The Morgan fingerprint density at radius 3 is 2.70 bits per heavy atom. The molecular formula is C25H28N6O2. The van der Waals surface area contributed by atoms with Crippen LogP contribution in [0.15, 0.2) is 48.8 Å². The van der Waals surface area contributed by atoms with E-state index in [-0.39, 0.29) is 6.03 Å². The molecule has 0 atom stereocenters. The summed E-state index contributed by atoms with van der Waals surface area (Å²) in [5, 5.41) is 5.45. The lowest BCUT2D eigenvalue weighted by molar-refractivity contribution is 0.252. The predicted molar refractivity (Wildman–Crippen MR) is 130 cm³/mol. The third-order valence-electron chi connectivity index (χ3n) is 5.18. The molecule has 4 aromatic rings. The minimum atomic E-state index is -0.321. The fraction of sp³-hybridized carbons (Fsp3) is 0.280. The lowest BCUT2D eigenvalue weighted by Crippen LogP contribution is -2.28. The van der Waals surface area contributed by atoms with Crippen molar-refractivity contribution in [2.75, 3.05) is 19.0 Å². The number of methoxy groups -OCH3 is 1. The number of imidazole rings is 1. The van der Waals surface area contributed by atoms with Gasteiger partial charge in [0, 0.05) is 35.8 Å². The maximum absolute atomic E-state index is 12.0. The van der Waals surface area contributed by atoms with Gasteiger partial charge in [-0.3, -0.25) is 15.3 Å². The van der Waals surface area contributed by atoms with Gasteiger partial charge in [0.15, 0.2) is 0 Å². The number of fused-ring (bicyclic) bond motifs is 1. The summed E-state index contributed by atoms with van der Waals surface area (Å²) < 4.78 is 5.56. The molecule has 0 aliphatic heterocycles. The van der Waals surface area contributed by atoms with Crippen LogP contribution in [-0.2, 0) is 6.42 Å². The molecule has 1 aromatic carbocycles. The minimum Gasteiger partial charge on any atom is -0.494 e. The zero-order valence-electron chi connectivity index (χ0n) is 19.3. The molecule has 0 bridgehead atoms. The molecule has 0 aliphatic rings. The zero-order chi connectivity index (χ0) is 23.4. The normalized spacial score (nSPS) is 11.1. The van der Waals surface area contributed by atoms with Gasteiger partial charge in [0.05, 0.1) is 12.6 Å². The molecule has 3 N–H and O–H groups in total. The highest BCUT2D eigenvalue weighted by Gasteiger charge is 2.17. The SMILES string of the molecule is CCNC(=O)Nc1nc2c(-c3ncccc3OC)cc(-c3ccc(CC(C)C)nc3)cc2[nH]1. The van der Waals surface area contributed by atoms with Crippen LogP contribution >= 0.6 is 0 Å². The van der Waals surface area contributed by atoms with Gasteiger partial charge in [-0.15, -0.1) is 0 Å². The number of hydrogen-bond acceptors (Lipinski definition) is 5. The smallest absolute Gasteiger partial charge is 0.321 e. The molecule has 3 aromatic heterocycles. The second-order valence-electron chi connectivity index (χ2n) is 8.18. The van der Waals surface area contributed by atoms with Crippen LogP contribution in [0.3, 0.4) is 0 Å². The van der Waals surface area contributed by atoms with Crippen molar-refractivity contribution < 1.29 is 9.53 Å². The summed E-state index contributed by atoms with van der Waals surface area (Å²) in [5.41, 5.74) is 5.94. The molecule has 170 valence electrons. The quantitative estimate of drug-likeness (QED) is 0.371. The molecule has 2 amide bonds. The molecule has 0 saturated carbocycles. The topological polar surface area (TPSA) is 105 Å². The fourth-order valence-electron chi connectivity index (χ4n) is 3.73.